The summed E-state index contributed by atoms with van der Waals surface area (Å²) in [5.41, 5.74) is -5.73. The smallest absolute Gasteiger partial charge is 0.469 e. The van der Waals surface area contributed by atoms with E-state index in [-0.39, 0.29) is 15.9 Å². The molecule has 0 aliphatic rings. The van der Waals surface area contributed by atoms with Crippen molar-refractivity contribution in [3.05, 3.63) is 75.0 Å². The van der Waals surface area contributed by atoms with Crippen LogP contribution in [0.3, 0.4) is 0 Å². The van der Waals surface area contributed by atoms with E-state index in [1.807, 2.05) is 33.3 Å². The van der Waals surface area contributed by atoms with E-state index >= 15 is 8.78 Å². The molecule has 0 fully saturated rings. The number of ether oxygens (including phenoxy) is 4. The molecule has 3 aromatic rings. The van der Waals surface area contributed by atoms with Gasteiger partial charge in [0.2, 0.25) is 12.7 Å². The van der Waals surface area contributed by atoms with Crippen LogP contribution in [0.25, 0.3) is 11.3 Å². The maximum absolute atomic E-state index is 16.1. The van der Waals surface area contributed by atoms with E-state index in [0.717, 1.165) is 26.5 Å². The number of hydrogen-bond donors (Lipinski definition) is 4. The topological polar surface area (TPSA) is 234 Å². The molecule has 2 aromatic carbocycles. The van der Waals surface area contributed by atoms with E-state index in [4.69, 9.17) is 14.5 Å². The third-order valence-corrected chi connectivity index (χ3v) is 12.2. The number of alkyl halides is 8. The molecule has 1 aromatic heterocycles. The third kappa shape index (κ3) is 17.0. The molecule has 71 heavy (non-hydrogen) atoms. The zero-order valence-corrected chi connectivity index (χ0v) is 41.1. The maximum atomic E-state index is 16.1. The fourth-order valence-corrected chi connectivity index (χ4v) is 7.19. The molecule has 0 bridgehead atoms. The van der Waals surface area contributed by atoms with Crippen LogP contribution in [0.15, 0.2) is 48.7 Å². The number of nitrogens with zero attached hydrogens (tertiary/aromatic N) is 3. The van der Waals surface area contributed by atoms with Crippen LogP contribution in [0.5, 0.6) is 0 Å². The van der Waals surface area contributed by atoms with Gasteiger partial charge in [-0.2, -0.15) is 40.2 Å². The number of benzene rings is 2. The number of Topliss-reactive ketones (excluding diaryl/α,β-unsaturated/α-hetero) is 1. The fraction of sp³-hybridized carbons (Fsp3) is 0.512. The number of phosphoric ester groups is 1. The van der Waals surface area contributed by atoms with Gasteiger partial charge in [0.15, 0.2) is 5.78 Å². The van der Waals surface area contributed by atoms with Crippen LogP contribution in [0.1, 0.15) is 58.2 Å². The van der Waals surface area contributed by atoms with Gasteiger partial charge >= 0.3 is 44.9 Å². The number of methoxy groups -OCH3 is 2. The third-order valence-electron chi connectivity index (χ3n) is 11.0. The molecule has 18 nitrogen and oxygen atoms in total. The standard InChI is InChI=1S/C41H47F10IN5O13P/c1-38(2,40(46,47)48)26(17-32(59)66-5)34(60)55-56(18-25-27(42)14-22(15-28(25)43)29-11-12-57(54-29)35(44)45)19-31(70-37(62)68-20-69-71(63,64)65)23(13-21-7-9-24(52)10-8-21)16-30(58)33(53-36(61)67-6)39(3,4)41(49,50)51/h7-12,14-15,23,26,31,33,35H,13,16-20H2,1-6H3,(H,53,61)(H,55,60)(H2,63,64,65)/t23-,26-,31+,33-/m1/s1. The van der Waals surface area contributed by atoms with Crippen LogP contribution >= 0.6 is 30.4 Å². The molecule has 0 aliphatic carbocycles. The van der Waals surface area contributed by atoms with Gasteiger partial charge < -0.3 is 34.1 Å². The van der Waals surface area contributed by atoms with Crippen molar-refractivity contribution < 1.29 is 106 Å². The average Bonchev–Trinajstić information content (AvgIpc) is 3.75. The number of halogens is 11. The van der Waals surface area contributed by atoms with Crippen LogP contribution in [-0.2, 0) is 55.4 Å². The molecule has 0 saturated carbocycles. The van der Waals surface area contributed by atoms with Crippen LogP contribution in [0, 0.1) is 37.9 Å². The minimum atomic E-state index is -5.35. The quantitative estimate of drug-likeness (QED) is 0.0133. The van der Waals surface area contributed by atoms with Gasteiger partial charge in [-0.15, -0.1) is 0 Å². The van der Waals surface area contributed by atoms with E-state index < -0.39 is 153 Å². The minimum Gasteiger partial charge on any atom is -0.469 e. The molecule has 0 aliphatic heterocycles. The molecule has 30 heteroatoms. The lowest BCUT2D eigenvalue weighted by molar-refractivity contribution is -0.231. The Morgan fingerprint density at radius 1 is 0.873 bits per heavy atom. The fourth-order valence-electron chi connectivity index (χ4n) is 6.64. The second-order valence-electron chi connectivity index (χ2n) is 16.6. The van der Waals surface area contributed by atoms with Gasteiger partial charge in [0, 0.05) is 39.8 Å². The van der Waals surface area contributed by atoms with Crippen molar-refractivity contribution in [3.8, 4) is 11.3 Å². The number of hydrazine groups is 1. The highest BCUT2D eigenvalue weighted by molar-refractivity contribution is 14.1. The summed E-state index contributed by atoms with van der Waals surface area (Å²) in [6.45, 7) is -5.03. The molecule has 0 radical (unpaired) electrons. The van der Waals surface area contributed by atoms with E-state index in [0.29, 0.717) is 48.4 Å². The summed E-state index contributed by atoms with van der Waals surface area (Å²) in [6.07, 6.45) is -18.2. The highest BCUT2D eigenvalue weighted by Gasteiger charge is 2.57. The van der Waals surface area contributed by atoms with Crippen molar-refractivity contribution in [2.24, 2.45) is 22.7 Å². The monoisotopic (exact) mass is 1170 g/mol. The number of esters is 1. The van der Waals surface area contributed by atoms with Crippen molar-refractivity contribution in [1.82, 2.24) is 25.5 Å². The first-order valence-electron chi connectivity index (χ1n) is 20.3. The molecule has 0 spiro atoms. The van der Waals surface area contributed by atoms with Crippen molar-refractivity contribution in [1.29, 1.82) is 0 Å². The zero-order chi connectivity index (χ0) is 54.0. The average molecular weight is 1170 g/mol. The number of phosphoric acid groups is 1. The molecule has 4 N–H and O–H groups in total. The van der Waals surface area contributed by atoms with Crippen LogP contribution in [0.4, 0.5) is 53.5 Å². The molecule has 396 valence electrons. The summed E-state index contributed by atoms with van der Waals surface area (Å²) < 4.78 is 181. The van der Waals surface area contributed by atoms with Gasteiger partial charge in [-0.05, 0) is 78.8 Å². The summed E-state index contributed by atoms with van der Waals surface area (Å²) in [5, 5.41) is 5.81. The number of aromatic nitrogens is 2. The Balaban J connectivity index is 2.35. The molecule has 0 saturated heterocycles. The van der Waals surface area contributed by atoms with Gasteiger partial charge in [0.25, 0.3) is 0 Å². The van der Waals surface area contributed by atoms with E-state index in [9.17, 15) is 63.7 Å². The van der Waals surface area contributed by atoms with Gasteiger partial charge in [-0.1, -0.05) is 26.0 Å². The molecule has 1 heterocycles. The second kappa shape index (κ2) is 24.5. The normalized spacial score (nSPS) is 14.3. The highest BCUT2D eigenvalue weighted by Crippen LogP contribution is 2.46. The van der Waals surface area contributed by atoms with Crippen LogP contribution in [0.2, 0.25) is 0 Å². The molecule has 4 atom stereocenters. The number of rotatable bonds is 23. The number of ketones is 1. The second-order valence-corrected chi connectivity index (χ2v) is 19.1. The van der Waals surface area contributed by atoms with Gasteiger partial charge in [-0.25, -0.2) is 37.1 Å². The number of nitrogens with one attached hydrogen (secondary N) is 2. The zero-order valence-electron chi connectivity index (χ0n) is 38.1. The predicted molar refractivity (Wildman–Crippen MR) is 232 cm³/mol. The predicted octanol–water partition coefficient (Wildman–Crippen LogP) is 8.15. The Kier molecular flexibility index (Phi) is 20.8. The van der Waals surface area contributed by atoms with Crippen molar-refractivity contribution in [2.45, 2.75) is 84.5 Å². The Morgan fingerprint density at radius 2 is 1.45 bits per heavy atom. The SMILES string of the molecule is COC(=O)C[C@H](C(=O)NN(Cc1c(F)cc(-c2ccn(C(F)F)n2)cc1F)C[C@H](OC(=O)OCOP(=O)(O)O)[C@@H](CC(=O)[C@@H](NC(=O)OC)C(C)(C)C(F)(F)F)Cc1ccc(I)cc1)C(C)(C)C(F)(F)F. The largest absolute Gasteiger partial charge is 0.510 e. The first kappa shape index (κ1) is 60.2. The first-order valence-corrected chi connectivity index (χ1v) is 22.9. The molecule has 0 unspecified atom stereocenters. The van der Waals surface area contributed by atoms with Crippen molar-refractivity contribution in [3.63, 3.8) is 0 Å². The Labute approximate surface area is 411 Å². The molecular weight excluding hydrogens is 1120 g/mol. The summed E-state index contributed by atoms with van der Waals surface area (Å²) >= 11 is 1.91. The minimum absolute atomic E-state index is 0.155. The van der Waals surface area contributed by atoms with E-state index in [1.54, 1.807) is 0 Å². The highest BCUT2D eigenvalue weighted by atomic mass is 127. The van der Waals surface area contributed by atoms with E-state index in [1.165, 1.54) is 24.3 Å². The lowest BCUT2D eigenvalue weighted by Gasteiger charge is -2.38. The summed E-state index contributed by atoms with van der Waals surface area (Å²) in [5.74, 6) is -11.6. The maximum Gasteiger partial charge on any atom is 0.510 e. The van der Waals surface area contributed by atoms with E-state index in [2.05, 4.69) is 23.8 Å². The number of hydrogen-bond acceptors (Lipinski definition) is 13. The Morgan fingerprint density at radius 3 is 1.94 bits per heavy atom. The molecular formula is C41H47F10IN5O13P. The number of amides is 2. The number of carbonyl (C=O) groups excluding carboxylic acids is 5. The summed E-state index contributed by atoms with van der Waals surface area (Å²) in [6, 6.07) is 5.63. The van der Waals surface area contributed by atoms with Gasteiger partial charge in [0.1, 0.15) is 23.8 Å². The van der Waals surface area contributed by atoms with Crippen LogP contribution in [-0.4, -0.2) is 107 Å². The lowest BCUT2D eigenvalue weighted by Crippen LogP contribution is -2.57. The lowest BCUT2D eigenvalue weighted by atomic mass is 9.75. The van der Waals surface area contributed by atoms with Gasteiger partial charge in [0.05, 0.1) is 49.6 Å². The van der Waals surface area contributed by atoms with Crippen molar-refractivity contribution >= 4 is 60.3 Å². The molecule has 3 rings (SSSR count). The molecule has 2 amide bonds. The van der Waals surface area contributed by atoms with Crippen LogP contribution < -0.4 is 10.7 Å². The Hall–Kier alpha value is -5.10. The van der Waals surface area contributed by atoms with Crippen molar-refractivity contribution in [2.75, 3.05) is 27.6 Å². The summed E-state index contributed by atoms with van der Waals surface area (Å²) in [4.78, 5) is 84.7. The first-order chi connectivity index (χ1) is 32.6. The van der Waals surface area contributed by atoms with Gasteiger partial charge in [-0.3, -0.25) is 19.8 Å². The number of carbonyl (C=O) groups is 5. The summed E-state index contributed by atoms with van der Waals surface area (Å²) in [7, 11) is -3.79. The number of alkyl carbamates (subject to hydrolysis) is 1. The Bertz CT molecular complexity index is 2380.